The molecule has 1 heterocycles. The van der Waals surface area contributed by atoms with Gasteiger partial charge in [-0.25, -0.2) is 0 Å². The minimum Gasteiger partial charge on any atom is -0.339 e. The normalized spacial score (nSPS) is 12.5. The van der Waals surface area contributed by atoms with Crippen LogP contribution in [-0.2, 0) is 12.8 Å². The number of hydrogen-bond acceptors (Lipinski definition) is 4. The molecule has 0 spiro atoms. The molecular weight excluding hydrogens is 238 g/mol. The largest absolute Gasteiger partial charge is 0.339 e. The lowest BCUT2D eigenvalue weighted by atomic mass is 10.0. The van der Waals surface area contributed by atoms with E-state index in [0.717, 1.165) is 31.6 Å². The van der Waals surface area contributed by atoms with E-state index in [9.17, 15) is 0 Å². The van der Waals surface area contributed by atoms with Crippen LogP contribution in [0.3, 0.4) is 0 Å². The van der Waals surface area contributed by atoms with Gasteiger partial charge in [0.15, 0.2) is 5.82 Å². The van der Waals surface area contributed by atoms with Gasteiger partial charge in [-0.15, -0.1) is 0 Å². The van der Waals surface area contributed by atoms with Gasteiger partial charge in [0.2, 0.25) is 5.89 Å². The molecule has 0 fully saturated rings. The third kappa shape index (κ3) is 3.89. The predicted molar refractivity (Wildman–Crippen MR) is 74.9 cm³/mol. The molecule has 1 aromatic heterocycles. The van der Waals surface area contributed by atoms with E-state index >= 15 is 0 Å². The van der Waals surface area contributed by atoms with Crippen LogP contribution in [0.5, 0.6) is 0 Å². The molecule has 102 valence electrons. The first-order valence-electron chi connectivity index (χ1n) is 6.93. The quantitative estimate of drug-likeness (QED) is 0.830. The van der Waals surface area contributed by atoms with Crippen molar-refractivity contribution in [3.05, 3.63) is 47.6 Å². The standard InChI is InChI=1S/C15H21N3O/c1-3-8-14-17-15(19-18-14)11-13(16-4-2)12-9-6-5-7-10-12/h5-7,9-10,13,16H,3-4,8,11H2,1-2H3. The second-order valence-corrected chi connectivity index (χ2v) is 4.58. The number of rotatable bonds is 7. The number of aryl methyl sites for hydroxylation is 1. The van der Waals surface area contributed by atoms with Gasteiger partial charge in [0.05, 0.1) is 0 Å². The highest BCUT2D eigenvalue weighted by molar-refractivity contribution is 5.19. The molecule has 0 aliphatic rings. The average molecular weight is 259 g/mol. The lowest BCUT2D eigenvalue weighted by Gasteiger charge is -2.16. The van der Waals surface area contributed by atoms with Crippen molar-refractivity contribution >= 4 is 0 Å². The topological polar surface area (TPSA) is 51.0 Å². The second kappa shape index (κ2) is 7.04. The molecule has 0 aliphatic carbocycles. The first-order chi connectivity index (χ1) is 9.33. The van der Waals surface area contributed by atoms with Crippen LogP contribution in [0, 0.1) is 0 Å². The summed E-state index contributed by atoms with van der Waals surface area (Å²) in [4.78, 5) is 4.43. The van der Waals surface area contributed by atoms with Gasteiger partial charge in [-0.05, 0) is 18.5 Å². The Morgan fingerprint density at radius 1 is 1.21 bits per heavy atom. The summed E-state index contributed by atoms with van der Waals surface area (Å²) >= 11 is 0. The van der Waals surface area contributed by atoms with E-state index in [1.54, 1.807) is 0 Å². The van der Waals surface area contributed by atoms with Gasteiger partial charge in [0.1, 0.15) is 0 Å². The van der Waals surface area contributed by atoms with Crippen LogP contribution in [0.1, 0.15) is 43.6 Å². The highest BCUT2D eigenvalue weighted by Gasteiger charge is 2.15. The number of benzene rings is 1. The molecule has 1 atom stereocenters. The van der Waals surface area contributed by atoms with Crippen LogP contribution >= 0.6 is 0 Å². The first kappa shape index (κ1) is 13.7. The summed E-state index contributed by atoms with van der Waals surface area (Å²) in [6.45, 7) is 5.13. The Morgan fingerprint density at radius 3 is 2.68 bits per heavy atom. The summed E-state index contributed by atoms with van der Waals surface area (Å²) in [5.74, 6) is 1.51. The van der Waals surface area contributed by atoms with Crippen LogP contribution in [0.4, 0.5) is 0 Å². The molecule has 0 radical (unpaired) electrons. The number of likely N-dealkylation sites (N-methyl/N-ethyl adjacent to an activating group) is 1. The fraction of sp³-hybridized carbons (Fsp3) is 0.467. The van der Waals surface area contributed by atoms with E-state index in [1.807, 2.05) is 6.07 Å². The summed E-state index contributed by atoms with van der Waals surface area (Å²) in [5.41, 5.74) is 1.25. The minimum atomic E-state index is 0.223. The van der Waals surface area contributed by atoms with Crippen molar-refractivity contribution in [1.29, 1.82) is 0 Å². The Labute approximate surface area is 114 Å². The van der Waals surface area contributed by atoms with Crippen molar-refractivity contribution in [3.63, 3.8) is 0 Å². The molecule has 0 saturated heterocycles. The van der Waals surface area contributed by atoms with Gasteiger partial charge in [-0.3, -0.25) is 0 Å². The Hall–Kier alpha value is -1.68. The summed E-state index contributed by atoms with van der Waals surface area (Å²) in [6, 6.07) is 10.6. The van der Waals surface area contributed by atoms with E-state index in [0.29, 0.717) is 5.89 Å². The van der Waals surface area contributed by atoms with Crippen molar-refractivity contribution < 1.29 is 4.52 Å². The molecule has 2 rings (SSSR count). The van der Waals surface area contributed by atoms with Crippen LogP contribution in [0.15, 0.2) is 34.9 Å². The Balaban J connectivity index is 2.07. The van der Waals surface area contributed by atoms with Crippen molar-refractivity contribution in [3.8, 4) is 0 Å². The molecule has 1 aromatic carbocycles. The average Bonchev–Trinajstić information content (AvgIpc) is 2.87. The van der Waals surface area contributed by atoms with Gasteiger partial charge < -0.3 is 9.84 Å². The molecule has 0 bridgehead atoms. The number of nitrogens with zero attached hydrogens (tertiary/aromatic N) is 2. The van der Waals surface area contributed by atoms with E-state index in [-0.39, 0.29) is 6.04 Å². The van der Waals surface area contributed by atoms with Crippen LogP contribution in [-0.4, -0.2) is 16.7 Å². The summed E-state index contributed by atoms with van der Waals surface area (Å²) in [7, 11) is 0. The minimum absolute atomic E-state index is 0.223. The fourth-order valence-electron chi connectivity index (χ4n) is 2.11. The van der Waals surface area contributed by atoms with Crippen molar-refractivity contribution in [2.75, 3.05) is 6.54 Å². The first-order valence-corrected chi connectivity index (χ1v) is 6.93. The lowest BCUT2D eigenvalue weighted by molar-refractivity contribution is 0.355. The third-order valence-electron chi connectivity index (χ3n) is 3.01. The molecule has 4 nitrogen and oxygen atoms in total. The van der Waals surface area contributed by atoms with Crippen LogP contribution in [0.25, 0.3) is 0 Å². The molecule has 1 N–H and O–H groups in total. The maximum Gasteiger partial charge on any atom is 0.228 e. The van der Waals surface area contributed by atoms with E-state index in [4.69, 9.17) is 4.52 Å². The molecule has 4 heteroatoms. The molecule has 1 unspecified atom stereocenters. The van der Waals surface area contributed by atoms with Gasteiger partial charge in [0.25, 0.3) is 0 Å². The van der Waals surface area contributed by atoms with Crippen LogP contribution in [0.2, 0.25) is 0 Å². The number of nitrogens with one attached hydrogen (secondary N) is 1. The Bertz CT molecular complexity index is 481. The molecule has 0 amide bonds. The molecular formula is C15H21N3O. The third-order valence-corrected chi connectivity index (χ3v) is 3.01. The Kier molecular flexibility index (Phi) is 5.10. The SMILES string of the molecule is CCCc1noc(CC(NCC)c2ccccc2)n1. The summed E-state index contributed by atoms with van der Waals surface area (Å²) in [6.07, 6.45) is 2.64. The highest BCUT2D eigenvalue weighted by atomic mass is 16.5. The van der Waals surface area contributed by atoms with Crippen molar-refractivity contribution in [1.82, 2.24) is 15.5 Å². The number of aromatic nitrogens is 2. The fourth-order valence-corrected chi connectivity index (χ4v) is 2.11. The zero-order valence-corrected chi connectivity index (χ0v) is 11.6. The zero-order valence-electron chi connectivity index (χ0n) is 11.6. The van der Waals surface area contributed by atoms with Gasteiger partial charge in [0, 0.05) is 18.9 Å². The molecule has 0 saturated carbocycles. The van der Waals surface area contributed by atoms with Crippen molar-refractivity contribution in [2.45, 2.75) is 39.2 Å². The summed E-state index contributed by atoms with van der Waals surface area (Å²) in [5, 5.41) is 7.46. The van der Waals surface area contributed by atoms with E-state index < -0.39 is 0 Å². The van der Waals surface area contributed by atoms with Gasteiger partial charge in [-0.2, -0.15) is 4.98 Å². The highest BCUT2D eigenvalue weighted by Crippen LogP contribution is 2.17. The van der Waals surface area contributed by atoms with Gasteiger partial charge in [-0.1, -0.05) is 49.3 Å². The molecule has 2 aromatic rings. The number of hydrogen-bond donors (Lipinski definition) is 1. The second-order valence-electron chi connectivity index (χ2n) is 4.58. The monoisotopic (exact) mass is 259 g/mol. The predicted octanol–water partition coefficient (Wildman–Crippen LogP) is 2.92. The smallest absolute Gasteiger partial charge is 0.228 e. The van der Waals surface area contributed by atoms with E-state index in [2.05, 4.69) is 53.6 Å². The lowest BCUT2D eigenvalue weighted by Crippen LogP contribution is -2.23. The Morgan fingerprint density at radius 2 is 2.00 bits per heavy atom. The zero-order chi connectivity index (χ0) is 13.5. The van der Waals surface area contributed by atoms with E-state index in [1.165, 1.54) is 5.56 Å². The maximum absolute atomic E-state index is 5.31. The van der Waals surface area contributed by atoms with Gasteiger partial charge >= 0.3 is 0 Å². The summed E-state index contributed by atoms with van der Waals surface area (Å²) < 4.78 is 5.31. The van der Waals surface area contributed by atoms with Crippen molar-refractivity contribution in [2.24, 2.45) is 0 Å². The molecule has 0 aliphatic heterocycles. The maximum atomic E-state index is 5.31. The molecule has 19 heavy (non-hydrogen) atoms. The van der Waals surface area contributed by atoms with Crippen LogP contribution < -0.4 is 5.32 Å².